The highest BCUT2D eigenvalue weighted by molar-refractivity contribution is 7.09. The van der Waals surface area contributed by atoms with Gasteiger partial charge in [-0.15, -0.1) is 22.7 Å². The maximum absolute atomic E-state index is 13.5. The number of amides is 2. The van der Waals surface area contributed by atoms with Crippen LogP contribution in [0.1, 0.15) is 52.9 Å². The summed E-state index contributed by atoms with van der Waals surface area (Å²) in [5.41, 5.74) is 1.41. The summed E-state index contributed by atoms with van der Waals surface area (Å²) in [6.07, 6.45) is 0.877. The first-order valence-corrected chi connectivity index (χ1v) is 13.5. The van der Waals surface area contributed by atoms with E-state index in [1.165, 1.54) is 22.7 Å². The number of nitrogens with one attached hydrogen (secondary N) is 2. The van der Waals surface area contributed by atoms with E-state index >= 15 is 0 Å². The van der Waals surface area contributed by atoms with Gasteiger partial charge in [-0.05, 0) is 24.8 Å². The van der Waals surface area contributed by atoms with Gasteiger partial charge in [-0.3, -0.25) is 9.59 Å². The number of nitrogens with zero attached hydrogens (tertiary/aromatic N) is 2. The fourth-order valence-corrected chi connectivity index (χ4v) is 5.75. The Labute approximate surface area is 216 Å². The zero-order valence-corrected chi connectivity index (χ0v) is 21.2. The Morgan fingerprint density at radius 3 is 2.61 bits per heavy atom. The molecule has 1 aliphatic carbocycles. The number of hydrogen-bond donors (Lipinski definition) is 3. The van der Waals surface area contributed by atoms with Crippen molar-refractivity contribution < 1.29 is 23.5 Å². The lowest BCUT2D eigenvalue weighted by Gasteiger charge is -2.26. The number of benzene rings is 1. The highest BCUT2D eigenvalue weighted by atomic mass is 32.1. The molecule has 11 heteroatoms. The predicted molar refractivity (Wildman–Crippen MR) is 134 cm³/mol. The molecule has 2 heterocycles. The average molecular weight is 535 g/mol. The van der Waals surface area contributed by atoms with Gasteiger partial charge in [0.1, 0.15) is 5.01 Å². The molecule has 0 bridgehead atoms. The van der Waals surface area contributed by atoms with Crippen molar-refractivity contribution in [2.24, 2.45) is 0 Å². The third kappa shape index (κ3) is 7.37. The van der Waals surface area contributed by atoms with Gasteiger partial charge in [-0.1, -0.05) is 30.3 Å². The van der Waals surface area contributed by atoms with E-state index in [9.17, 15) is 23.5 Å². The quantitative estimate of drug-likeness (QED) is 0.367. The van der Waals surface area contributed by atoms with Crippen LogP contribution in [0, 0.1) is 0 Å². The van der Waals surface area contributed by atoms with Crippen molar-refractivity contribution in [3.63, 3.8) is 0 Å². The van der Waals surface area contributed by atoms with E-state index in [1.54, 1.807) is 17.0 Å². The largest absolute Gasteiger partial charge is 0.381 e. The zero-order chi connectivity index (χ0) is 25.5. The van der Waals surface area contributed by atoms with E-state index in [1.807, 2.05) is 30.3 Å². The molecule has 7 nitrogen and oxygen atoms in total. The predicted octanol–water partition coefficient (Wildman–Crippen LogP) is 3.84. The fourth-order valence-electron chi connectivity index (χ4n) is 4.20. The second-order valence-corrected chi connectivity index (χ2v) is 10.8. The summed E-state index contributed by atoms with van der Waals surface area (Å²) in [7, 11) is 0. The molecular formula is C25H28F2N4O3S2. The Balaban J connectivity index is 1.37. The maximum atomic E-state index is 13.5. The smallest absolute Gasteiger partial charge is 0.251 e. The van der Waals surface area contributed by atoms with Crippen LogP contribution in [0.4, 0.5) is 8.78 Å². The number of carbonyl (C=O) groups is 2. The van der Waals surface area contributed by atoms with Crippen LogP contribution in [0.25, 0.3) is 0 Å². The molecule has 0 aliphatic heterocycles. The zero-order valence-electron chi connectivity index (χ0n) is 19.5. The van der Waals surface area contributed by atoms with Crippen molar-refractivity contribution in [3.05, 3.63) is 68.6 Å². The number of alkyl halides is 2. The fraction of sp³-hybridized carbons (Fsp3) is 0.440. The normalized spacial score (nSPS) is 17.3. The molecule has 36 heavy (non-hydrogen) atoms. The highest BCUT2D eigenvalue weighted by Crippen LogP contribution is 2.41. The Morgan fingerprint density at radius 2 is 1.92 bits per heavy atom. The Morgan fingerprint density at radius 1 is 1.17 bits per heavy atom. The van der Waals surface area contributed by atoms with E-state index in [4.69, 9.17) is 0 Å². The van der Waals surface area contributed by atoms with Crippen LogP contribution in [0.3, 0.4) is 0 Å². The molecule has 1 saturated carbocycles. The van der Waals surface area contributed by atoms with E-state index in [0.717, 1.165) is 10.6 Å². The van der Waals surface area contributed by atoms with E-state index < -0.39 is 24.0 Å². The van der Waals surface area contributed by atoms with Gasteiger partial charge in [0, 0.05) is 35.7 Å². The summed E-state index contributed by atoms with van der Waals surface area (Å²) < 4.78 is 26.9. The molecule has 192 valence electrons. The van der Waals surface area contributed by atoms with Gasteiger partial charge in [-0.25, -0.2) is 18.7 Å². The van der Waals surface area contributed by atoms with Crippen LogP contribution in [0.15, 0.2) is 47.3 Å². The first kappa shape index (κ1) is 26.3. The summed E-state index contributed by atoms with van der Waals surface area (Å²) in [6.45, 7) is 0.189. The number of aliphatic hydroxyl groups excluding tert-OH is 1. The van der Waals surface area contributed by atoms with Crippen LogP contribution in [-0.2, 0) is 29.0 Å². The highest BCUT2D eigenvalue weighted by Gasteiger charge is 2.36. The second-order valence-electron chi connectivity index (χ2n) is 8.94. The van der Waals surface area contributed by atoms with Crippen molar-refractivity contribution in [1.29, 1.82) is 0 Å². The topological polar surface area (TPSA) is 104 Å². The number of rotatable bonds is 10. The standard InChI is InChI=1S/C25H28F2N4O3S2/c26-25(27)8-6-17(7-9-25)24-30-18(15-36-24)13-20(32)31-19(12-16-4-2-1-3-5-16)22(33)23(34)29-14-21-28-10-11-35-21/h1-5,10-11,15,17,19,22,33H,6-9,12-14H2,(H,29,34)(H,31,32)/t19-,22+/m1/s1. The van der Waals surface area contributed by atoms with E-state index in [0.29, 0.717) is 23.5 Å². The molecule has 2 atom stereocenters. The minimum Gasteiger partial charge on any atom is -0.381 e. The second kappa shape index (κ2) is 12.0. The van der Waals surface area contributed by atoms with Gasteiger partial charge < -0.3 is 15.7 Å². The number of aromatic nitrogens is 2. The first-order valence-electron chi connectivity index (χ1n) is 11.8. The minimum absolute atomic E-state index is 0.0133. The van der Waals surface area contributed by atoms with E-state index in [2.05, 4.69) is 20.6 Å². The molecule has 2 amide bonds. The van der Waals surface area contributed by atoms with Crippen LogP contribution < -0.4 is 10.6 Å². The molecule has 0 spiro atoms. The molecule has 0 radical (unpaired) electrons. The van der Waals surface area contributed by atoms with Crippen molar-refractivity contribution in [2.45, 2.75) is 69.1 Å². The van der Waals surface area contributed by atoms with Crippen molar-refractivity contribution in [1.82, 2.24) is 20.6 Å². The van der Waals surface area contributed by atoms with Crippen LogP contribution in [0.5, 0.6) is 0 Å². The van der Waals surface area contributed by atoms with Crippen molar-refractivity contribution >= 4 is 34.5 Å². The average Bonchev–Trinajstić information content (AvgIpc) is 3.55. The molecule has 3 aromatic rings. The minimum atomic E-state index is -2.60. The number of thiazole rings is 2. The van der Waals surface area contributed by atoms with Crippen LogP contribution in [0.2, 0.25) is 0 Å². The van der Waals surface area contributed by atoms with Crippen LogP contribution in [-0.4, -0.2) is 45.0 Å². The number of carbonyl (C=O) groups excluding carboxylic acids is 2. The van der Waals surface area contributed by atoms with E-state index in [-0.39, 0.29) is 44.1 Å². The SMILES string of the molecule is O=C(Cc1csc(C2CCC(F)(F)CC2)n1)N[C@H](Cc1ccccc1)[C@H](O)C(=O)NCc1nccs1. The third-order valence-corrected chi connectivity index (χ3v) is 8.01. The molecule has 2 aromatic heterocycles. The summed E-state index contributed by atoms with van der Waals surface area (Å²) in [5, 5.41) is 21.3. The molecule has 4 rings (SSSR count). The lowest BCUT2D eigenvalue weighted by Crippen LogP contribution is -2.51. The van der Waals surface area contributed by atoms with Gasteiger partial charge in [0.05, 0.1) is 29.7 Å². The van der Waals surface area contributed by atoms with Gasteiger partial charge >= 0.3 is 0 Å². The molecule has 0 unspecified atom stereocenters. The third-order valence-electron chi connectivity index (χ3n) is 6.17. The lowest BCUT2D eigenvalue weighted by atomic mass is 9.87. The Hall–Kier alpha value is -2.76. The van der Waals surface area contributed by atoms with Crippen molar-refractivity contribution in [2.75, 3.05) is 0 Å². The summed E-state index contributed by atoms with van der Waals surface area (Å²) >= 11 is 2.77. The molecule has 3 N–H and O–H groups in total. The Kier molecular flexibility index (Phi) is 8.76. The lowest BCUT2D eigenvalue weighted by molar-refractivity contribution is -0.132. The molecule has 1 aromatic carbocycles. The van der Waals surface area contributed by atoms with Crippen molar-refractivity contribution in [3.8, 4) is 0 Å². The number of aliphatic hydroxyl groups is 1. The van der Waals surface area contributed by atoms with Gasteiger partial charge in [0.15, 0.2) is 6.10 Å². The number of hydrogen-bond acceptors (Lipinski definition) is 7. The summed E-state index contributed by atoms with van der Waals surface area (Å²) in [6, 6.07) is 8.43. The Bertz CT molecular complexity index is 1130. The van der Waals surface area contributed by atoms with Gasteiger partial charge in [0.25, 0.3) is 5.91 Å². The van der Waals surface area contributed by atoms with Gasteiger partial charge in [-0.2, -0.15) is 0 Å². The monoisotopic (exact) mass is 534 g/mol. The molecule has 1 aliphatic rings. The summed E-state index contributed by atoms with van der Waals surface area (Å²) in [5.74, 6) is -3.59. The van der Waals surface area contributed by atoms with Gasteiger partial charge in [0.2, 0.25) is 11.8 Å². The maximum Gasteiger partial charge on any atom is 0.251 e. The molecule has 0 saturated heterocycles. The number of halogens is 2. The summed E-state index contributed by atoms with van der Waals surface area (Å²) in [4.78, 5) is 34.1. The first-order chi connectivity index (χ1) is 17.3. The molecule has 1 fully saturated rings. The molecular weight excluding hydrogens is 506 g/mol. The van der Waals surface area contributed by atoms with Crippen LogP contribution >= 0.6 is 22.7 Å².